The number of aromatic nitrogens is 2. The second-order valence-electron chi connectivity index (χ2n) is 4.91. The minimum absolute atomic E-state index is 0.0621. The fourth-order valence-electron chi connectivity index (χ4n) is 2.16. The number of rotatable bonds is 5. The van der Waals surface area contributed by atoms with Gasteiger partial charge in [-0.15, -0.1) is 0 Å². The molecule has 0 unspecified atom stereocenters. The average molecular weight is 373 g/mol. The standard InChI is InChI=1S/C16H13BrN4O2/c17-15-9-14(21(22)23)5-6-16(15)19-10-12-1-3-13(4-2-12)20-8-7-18-11-20/h1-9,11,19H,10H2. The zero-order valence-corrected chi connectivity index (χ0v) is 13.6. The Hall–Kier alpha value is -2.67. The molecule has 3 aromatic rings. The van der Waals surface area contributed by atoms with Gasteiger partial charge in [0, 0.05) is 46.9 Å². The minimum atomic E-state index is -0.413. The molecule has 23 heavy (non-hydrogen) atoms. The number of halogens is 1. The number of nitrogens with one attached hydrogen (secondary N) is 1. The summed E-state index contributed by atoms with van der Waals surface area (Å²) in [4.78, 5) is 14.3. The minimum Gasteiger partial charge on any atom is -0.380 e. The van der Waals surface area contributed by atoms with E-state index in [0.29, 0.717) is 11.0 Å². The van der Waals surface area contributed by atoms with Crippen LogP contribution in [0.1, 0.15) is 5.56 Å². The Morgan fingerprint density at radius 1 is 1.22 bits per heavy atom. The highest BCUT2D eigenvalue weighted by atomic mass is 79.9. The van der Waals surface area contributed by atoms with Crippen molar-refractivity contribution in [2.24, 2.45) is 0 Å². The number of nitro benzene ring substituents is 1. The predicted octanol–water partition coefficient (Wildman–Crippen LogP) is 4.16. The van der Waals surface area contributed by atoms with Gasteiger partial charge >= 0.3 is 0 Å². The summed E-state index contributed by atoms with van der Waals surface area (Å²) in [6.45, 7) is 0.626. The molecule has 0 amide bonds. The molecule has 1 heterocycles. The summed E-state index contributed by atoms with van der Waals surface area (Å²) in [7, 11) is 0. The van der Waals surface area contributed by atoms with Crippen LogP contribution in [-0.4, -0.2) is 14.5 Å². The summed E-state index contributed by atoms with van der Waals surface area (Å²) in [5, 5.41) is 14.0. The van der Waals surface area contributed by atoms with Crippen LogP contribution in [0.3, 0.4) is 0 Å². The highest BCUT2D eigenvalue weighted by Gasteiger charge is 2.08. The fraction of sp³-hybridized carbons (Fsp3) is 0.0625. The van der Waals surface area contributed by atoms with Gasteiger partial charge in [0.1, 0.15) is 0 Å². The molecule has 0 atom stereocenters. The van der Waals surface area contributed by atoms with E-state index in [2.05, 4.69) is 26.2 Å². The van der Waals surface area contributed by atoms with Gasteiger partial charge in [-0.2, -0.15) is 0 Å². The van der Waals surface area contributed by atoms with Crippen molar-refractivity contribution in [1.82, 2.24) is 9.55 Å². The van der Waals surface area contributed by atoms with Crippen LogP contribution in [0.5, 0.6) is 0 Å². The smallest absolute Gasteiger partial charge is 0.270 e. The van der Waals surface area contributed by atoms with Gasteiger partial charge in [-0.3, -0.25) is 10.1 Å². The highest BCUT2D eigenvalue weighted by molar-refractivity contribution is 9.10. The van der Waals surface area contributed by atoms with Gasteiger partial charge in [0.2, 0.25) is 0 Å². The summed E-state index contributed by atoms with van der Waals surface area (Å²) < 4.78 is 2.60. The molecule has 2 aromatic carbocycles. The quantitative estimate of drug-likeness (QED) is 0.539. The van der Waals surface area contributed by atoms with Crippen molar-refractivity contribution in [3.05, 3.63) is 81.3 Å². The van der Waals surface area contributed by atoms with Crippen molar-refractivity contribution < 1.29 is 4.92 Å². The van der Waals surface area contributed by atoms with Crippen LogP contribution in [0, 0.1) is 10.1 Å². The van der Waals surface area contributed by atoms with E-state index in [9.17, 15) is 10.1 Å². The lowest BCUT2D eigenvalue weighted by Gasteiger charge is -2.09. The molecule has 0 saturated heterocycles. The van der Waals surface area contributed by atoms with Gasteiger partial charge < -0.3 is 9.88 Å². The number of hydrogen-bond acceptors (Lipinski definition) is 4. The number of imidazole rings is 1. The van der Waals surface area contributed by atoms with E-state index >= 15 is 0 Å². The third-order valence-electron chi connectivity index (χ3n) is 3.39. The monoisotopic (exact) mass is 372 g/mol. The normalized spacial score (nSPS) is 10.5. The molecule has 0 saturated carbocycles. The lowest BCUT2D eigenvalue weighted by Crippen LogP contribution is -2.01. The van der Waals surface area contributed by atoms with E-state index in [1.807, 2.05) is 35.0 Å². The SMILES string of the molecule is O=[N+]([O-])c1ccc(NCc2ccc(-n3ccnc3)cc2)c(Br)c1. The van der Waals surface area contributed by atoms with Crippen molar-refractivity contribution in [2.75, 3.05) is 5.32 Å². The Morgan fingerprint density at radius 3 is 2.61 bits per heavy atom. The zero-order chi connectivity index (χ0) is 16.2. The number of benzene rings is 2. The Labute approximate surface area is 141 Å². The molecule has 0 aliphatic heterocycles. The summed E-state index contributed by atoms with van der Waals surface area (Å²) in [6.07, 6.45) is 5.38. The third-order valence-corrected chi connectivity index (χ3v) is 4.04. The van der Waals surface area contributed by atoms with Crippen molar-refractivity contribution >= 4 is 27.3 Å². The maximum atomic E-state index is 10.7. The van der Waals surface area contributed by atoms with E-state index in [4.69, 9.17) is 0 Å². The average Bonchev–Trinajstić information content (AvgIpc) is 3.08. The van der Waals surface area contributed by atoms with Crippen LogP contribution in [0.2, 0.25) is 0 Å². The van der Waals surface area contributed by atoms with Crippen LogP contribution in [-0.2, 0) is 6.54 Å². The van der Waals surface area contributed by atoms with E-state index in [1.54, 1.807) is 18.6 Å². The van der Waals surface area contributed by atoms with Gasteiger partial charge in [-0.05, 0) is 39.7 Å². The van der Waals surface area contributed by atoms with Crippen molar-refractivity contribution in [3.63, 3.8) is 0 Å². The van der Waals surface area contributed by atoms with Crippen LogP contribution in [0.4, 0.5) is 11.4 Å². The third kappa shape index (κ3) is 3.57. The maximum Gasteiger partial charge on any atom is 0.270 e. The Morgan fingerprint density at radius 2 is 2.00 bits per heavy atom. The number of non-ortho nitro benzene ring substituents is 1. The second-order valence-corrected chi connectivity index (χ2v) is 5.77. The van der Waals surface area contributed by atoms with Gasteiger partial charge in [0.15, 0.2) is 0 Å². The fourth-order valence-corrected chi connectivity index (χ4v) is 2.66. The molecule has 7 heteroatoms. The maximum absolute atomic E-state index is 10.7. The van der Waals surface area contributed by atoms with Crippen LogP contribution in [0.15, 0.2) is 65.7 Å². The van der Waals surface area contributed by atoms with Crippen molar-refractivity contribution in [1.29, 1.82) is 0 Å². The number of anilines is 1. The predicted molar refractivity (Wildman–Crippen MR) is 91.7 cm³/mol. The second kappa shape index (κ2) is 6.62. The summed E-state index contributed by atoms with van der Waals surface area (Å²) in [5.74, 6) is 0. The van der Waals surface area contributed by atoms with Gasteiger partial charge in [0.05, 0.1) is 11.3 Å². The molecule has 0 radical (unpaired) electrons. The molecular weight excluding hydrogens is 360 g/mol. The van der Waals surface area contributed by atoms with Crippen molar-refractivity contribution in [3.8, 4) is 5.69 Å². The van der Waals surface area contributed by atoms with Gasteiger partial charge in [0.25, 0.3) is 5.69 Å². The molecule has 0 aliphatic carbocycles. The van der Waals surface area contributed by atoms with E-state index in [-0.39, 0.29) is 5.69 Å². The molecule has 0 aliphatic rings. The van der Waals surface area contributed by atoms with Crippen molar-refractivity contribution in [2.45, 2.75) is 6.54 Å². The molecule has 1 N–H and O–H groups in total. The molecular formula is C16H13BrN4O2. The molecule has 1 aromatic heterocycles. The Bertz CT molecular complexity index is 817. The lowest BCUT2D eigenvalue weighted by molar-refractivity contribution is -0.384. The topological polar surface area (TPSA) is 73.0 Å². The summed E-state index contributed by atoms with van der Waals surface area (Å²) in [5.41, 5.74) is 3.03. The number of nitro groups is 1. The molecule has 3 rings (SSSR count). The molecule has 116 valence electrons. The highest BCUT2D eigenvalue weighted by Crippen LogP contribution is 2.27. The van der Waals surface area contributed by atoms with Gasteiger partial charge in [-0.1, -0.05) is 12.1 Å². The summed E-state index contributed by atoms with van der Waals surface area (Å²) in [6, 6.07) is 12.8. The van der Waals surface area contributed by atoms with Crippen LogP contribution < -0.4 is 5.32 Å². The molecule has 0 fully saturated rings. The van der Waals surface area contributed by atoms with E-state index in [1.165, 1.54) is 12.1 Å². The largest absolute Gasteiger partial charge is 0.380 e. The Balaban J connectivity index is 1.67. The number of hydrogen-bond donors (Lipinski definition) is 1. The van der Waals surface area contributed by atoms with Crippen LogP contribution >= 0.6 is 15.9 Å². The first-order valence-corrected chi connectivity index (χ1v) is 7.68. The lowest BCUT2D eigenvalue weighted by atomic mass is 10.2. The molecule has 6 nitrogen and oxygen atoms in total. The van der Waals surface area contributed by atoms with E-state index < -0.39 is 4.92 Å². The number of nitrogens with zero attached hydrogens (tertiary/aromatic N) is 3. The molecule has 0 spiro atoms. The molecule has 0 bridgehead atoms. The first-order chi connectivity index (χ1) is 11.1. The first-order valence-electron chi connectivity index (χ1n) is 6.88. The van der Waals surface area contributed by atoms with E-state index in [0.717, 1.165) is 16.9 Å². The van der Waals surface area contributed by atoms with Gasteiger partial charge in [-0.25, -0.2) is 4.98 Å². The van der Waals surface area contributed by atoms with Crippen LogP contribution in [0.25, 0.3) is 5.69 Å². The first kappa shape index (κ1) is 15.2. The summed E-state index contributed by atoms with van der Waals surface area (Å²) >= 11 is 3.35. The zero-order valence-electron chi connectivity index (χ0n) is 12.0. The Kier molecular flexibility index (Phi) is 4.38.